The summed E-state index contributed by atoms with van der Waals surface area (Å²) in [5.41, 5.74) is 5.70. The van der Waals surface area contributed by atoms with Crippen LogP contribution in [0.5, 0.6) is 0 Å². The zero-order valence-electron chi connectivity index (χ0n) is 11.3. The second-order valence-corrected chi connectivity index (χ2v) is 5.61. The molecular formula is C13H29NO. The van der Waals surface area contributed by atoms with Gasteiger partial charge in [-0.3, -0.25) is 0 Å². The molecule has 0 aromatic carbocycles. The van der Waals surface area contributed by atoms with Crippen molar-refractivity contribution in [2.75, 3.05) is 6.61 Å². The molecule has 3 unspecified atom stereocenters. The molecule has 0 aromatic rings. The molecule has 2 nitrogen and oxygen atoms in total. The predicted molar refractivity (Wildman–Crippen MR) is 66.9 cm³/mol. The summed E-state index contributed by atoms with van der Waals surface area (Å²) in [6, 6.07) is 0.207. The first kappa shape index (κ1) is 14.9. The van der Waals surface area contributed by atoms with E-state index < -0.39 is 0 Å². The Balaban J connectivity index is 3.92. The van der Waals surface area contributed by atoms with Crippen LogP contribution >= 0.6 is 0 Å². The van der Waals surface area contributed by atoms with Crippen LogP contribution in [0.2, 0.25) is 0 Å². The van der Waals surface area contributed by atoms with Crippen LogP contribution < -0.4 is 5.73 Å². The molecule has 0 aliphatic heterocycles. The number of hydrogen-bond acceptors (Lipinski definition) is 2. The Morgan fingerprint density at radius 2 is 1.67 bits per heavy atom. The third-order valence-electron chi connectivity index (χ3n) is 3.17. The lowest BCUT2D eigenvalue weighted by Crippen LogP contribution is -2.34. The highest BCUT2D eigenvalue weighted by atomic mass is 16.5. The minimum Gasteiger partial charge on any atom is -0.375 e. The molecule has 0 heterocycles. The van der Waals surface area contributed by atoms with Crippen molar-refractivity contribution in [3.05, 3.63) is 0 Å². The van der Waals surface area contributed by atoms with Gasteiger partial charge in [-0.25, -0.2) is 0 Å². The Labute approximate surface area is 95.6 Å². The molecule has 0 aliphatic carbocycles. The lowest BCUT2D eigenvalue weighted by atomic mass is 9.94. The number of nitrogens with two attached hydrogens (primary N) is 1. The number of rotatable bonds is 7. The number of hydrogen-bond donors (Lipinski definition) is 1. The highest BCUT2D eigenvalue weighted by Crippen LogP contribution is 2.21. The average molecular weight is 215 g/mol. The summed E-state index contributed by atoms with van der Waals surface area (Å²) in [6.07, 6.45) is 2.14. The molecular weight excluding hydrogens is 186 g/mol. The van der Waals surface area contributed by atoms with Crippen LogP contribution in [0.3, 0.4) is 0 Å². The lowest BCUT2D eigenvalue weighted by molar-refractivity contribution is -0.0480. The molecule has 15 heavy (non-hydrogen) atoms. The van der Waals surface area contributed by atoms with E-state index in [0.29, 0.717) is 5.92 Å². The number of ether oxygens (including phenoxy) is 1. The van der Waals surface area contributed by atoms with Crippen LogP contribution in [-0.2, 0) is 4.74 Å². The molecule has 2 heteroatoms. The van der Waals surface area contributed by atoms with Gasteiger partial charge in [-0.15, -0.1) is 0 Å². The van der Waals surface area contributed by atoms with Crippen molar-refractivity contribution < 1.29 is 4.74 Å². The van der Waals surface area contributed by atoms with E-state index in [4.69, 9.17) is 10.5 Å². The predicted octanol–water partition coefficient (Wildman–Crippen LogP) is 3.20. The van der Waals surface area contributed by atoms with Crippen molar-refractivity contribution in [1.82, 2.24) is 0 Å². The van der Waals surface area contributed by atoms with E-state index in [1.54, 1.807) is 0 Å². The fourth-order valence-corrected chi connectivity index (χ4v) is 1.76. The molecule has 0 aromatic heterocycles. The maximum Gasteiger partial charge on any atom is 0.0641 e. The highest BCUT2D eigenvalue weighted by molar-refractivity contribution is 4.74. The summed E-state index contributed by atoms with van der Waals surface area (Å²) in [6.45, 7) is 13.9. The molecule has 3 atom stereocenters. The Kier molecular flexibility index (Phi) is 6.46. The van der Waals surface area contributed by atoms with E-state index in [-0.39, 0.29) is 11.6 Å². The standard InChI is InChI=1S/C13H29NO/c1-7-10(2)11(3)9-15-13(5,6)8-12(4)14/h10-12H,7-9,14H2,1-6H3. The molecule has 0 aliphatic rings. The van der Waals surface area contributed by atoms with Gasteiger partial charge in [-0.1, -0.05) is 27.2 Å². The van der Waals surface area contributed by atoms with Crippen molar-refractivity contribution in [2.45, 2.75) is 66.0 Å². The smallest absolute Gasteiger partial charge is 0.0641 e. The van der Waals surface area contributed by atoms with Gasteiger partial charge in [0, 0.05) is 6.04 Å². The third kappa shape index (κ3) is 6.91. The first-order chi connectivity index (χ1) is 6.78. The van der Waals surface area contributed by atoms with Crippen LogP contribution in [0.25, 0.3) is 0 Å². The molecule has 92 valence electrons. The Bertz CT molecular complexity index is 166. The van der Waals surface area contributed by atoms with Gasteiger partial charge >= 0.3 is 0 Å². The molecule has 0 saturated carbocycles. The first-order valence-corrected chi connectivity index (χ1v) is 6.18. The molecule has 0 rings (SSSR count). The maximum atomic E-state index is 5.95. The Hall–Kier alpha value is -0.0800. The lowest BCUT2D eigenvalue weighted by Gasteiger charge is -2.30. The largest absolute Gasteiger partial charge is 0.375 e. The van der Waals surface area contributed by atoms with E-state index in [1.807, 2.05) is 6.92 Å². The van der Waals surface area contributed by atoms with Gasteiger partial charge in [0.15, 0.2) is 0 Å². The average Bonchev–Trinajstić information content (AvgIpc) is 2.11. The summed E-state index contributed by atoms with van der Waals surface area (Å²) in [7, 11) is 0. The van der Waals surface area contributed by atoms with Gasteiger partial charge in [0.25, 0.3) is 0 Å². The molecule has 0 bridgehead atoms. The zero-order chi connectivity index (χ0) is 12.1. The minimum atomic E-state index is -0.0874. The Morgan fingerprint density at radius 1 is 1.13 bits per heavy atom. The Morgan fingerprint density at radius 3 is 2.07 bits per heavy atom. The van der Waals surface area contributed by atoms with E-state index in [9.17, 15) is 0 Å². The summed E-state index contributed by atoms with van der Waals surface area (Å²) >= 11 is 0. The van der Waals surface area contributed by atoms with Gasteiger partial charge < -0.3 is 10.5 Å². The van der Waals surface area contributed by atoms with E-state index in [2.05, 4.69) is 34.6 Å². The van der Waals surface area contributed by atoms with Crippen molar-refractivity contribution in [1.29, 1.82) is 0 Å². The summed E-state index contributed by atoms with van der Waals surface area (Å²) < 4.78 is 5.95. The van der Waals surface area contributed by atoms with Crippen LogP contribution in [0.4, 0.5) is 0 Å². The van der Waals surface area contributed by atoms with Crippen LogP contribution in [0.1, 0.15) is 54.4 Å². The van der Waals surface area contributed by atoms with Crippen LogP contribution in [0.15, 0.2) is 0 Å². The molecule has 0 radical (unpaired) electrons. The summed E-state index contributed by atoms with van der Waals surface area (Å²) in [4.78, 5) is 0. The SMILES string of the molecule is CCC(C)C(C)COC(C)(C)CC(C)N. The fourth-order valence-electron chi connectivity index (χ4n) is 1.76. The molecule has 0 saturated heterocycles. The van der Waals surface area contributed by atoms with Gasteiger partial charge in [0.1, 0.15) is 0 Å². The van der Waals surface area contributed by atoms with Crippen molar-refractivity contribution in [2.24, 2.45) is 17.6 Å². The normalized spacial score (nSPS) is 18.6. The topological polar surface area (TPSA) is 35.2 Å². The fraction of sp³-hybridized carbons (Fsp3) is 1.00. The second-order valence-electron chi connectivity index (χ2n) is 5.61. The molecule has 0 fully saturated rings. The monoisotopic (exact) mass is 215 g/mol. The van der Waals surface area contributed by atoms with Crippen LogP contribution in [0, 0.1) is 11.8 Å². The minimum absolute atomic E-state index is 0.0874. The van der Waals surface area contributed by atoms with Gasteiger partial charge in [0.2, 0.25) is 0 Å². The van der Waals surface area contributed by atoms with Crippen molar-refractivity contribution in [3.8, 4) is 0 Å². The second kappa shape index (κ2) is 6.49. The van der Waals surface area contributed by atoms with E-state index in [1.165, 1.54) is 6.42 Å². The summed E-state index contributed by atoms with van der Waals surface area (Å²) in [5.74, 6) is 1.36. The third-order valence-corrected chi connectivity index (χ3v) is 3.17. The molecule has 0 spiro atoms. The van der Waals surface area contributed by atoms with Gasteiger partial charge in [0.05, 0.1) is 12.2 Å². The zero-order valence-corrected chi connectivity index (χ0v) is 11.3. The summed E-state index contributed by atoms with van der Waals surface area (Å²) in [5, 5.41) is 0. The molecule has 2 N–H and O–H groups in total. The van der Waals surface area contributed by atoms with Crippen LogP contribution in [-0.4, -0.2) is 18.2 Å². The maximum absolute atomic E-state index is 5.95. The quantitative estimate of drug-likeness (QED) is 0.708. The first-order valence-electron chi connectivity index (χ1n) is 6.18. The van der Waals surface area contributed by atoms with Gasteiger partial charge in [-0.2, -0.15) is 0 Å². The molecule has 0 amide bonds. The van der Waals surface area contributed by atoms with E-state index in [0.717, 1.165) is 18.9 Å². The highest BCUT2D eigenvalue weighted by Gasteiger charge is 2.22. The van der Waals surface area contributed by atoms with Crippen molar-refractivity contribution in [3.63, 3.8) is 0 Å². The van der Waals surface area contributed by atoms with Crippen molar-refractivity contribution >= 4 is 0 Å². The van der Waals surface area contributed by atoms with Gasteiger partial charge in [-0.05, 0) is 39.0 Å². The van der Waals surface area contributed by atoms with E-state index >= 15 is 0 Å².